The van der Waals surface area contributed by atoms with E-state index in [0.29, 0.717) is 12.6 Å². The molecule has 0 spiro atoms. The summed E-state index contributed by atoms with van der Waals surface area (Å²) in [7, 11) is 0. The van der Waals surface area contributed by atoms with Crippen molar-refractivity contribution in [2.45, 2.75) is 44.7 Å². The van der Waals surface area contributed by atoms with Gasteiger partial charge in [-0.05, 0) is 55.8 Å². The zero-order valence-corrected chi connectivity index (χ0v) is 10.3. The highest BCUT2D eigenvalue weighted by Gasteiger charge is 2.49. The van der Waals surface area contributed by atoms with Crippen LogP contribution in [0.3, 0.4) is 0 Å². The molecule has 4 aliphatic carbocycles. The van der Waals surface area contributed by atoms with Gasteiger partial charge >= 0.3 is 0 Å². The Morgan fingerprint density at radius 3 is 2.29 bits per heavy atom. The second kappa shape index (κ2) is 3.58. The van der Waals surface area contributed by atoms with Crippen molar-refractivity contribution in [3.63, 3.8) is 0 Å². The van der Waals surface area contributed by atoms with Crippen LogP contribution < -0.4 is 5.73 Å². The molecule has 92 valence electrons. The summed E-state index contributed by atoms with van der Waals surface area (Å²) < 4.78 is 2.25. The van der Waals surface area contributed by atoms with Gasteiger partial charge in [0, 0.05) is 18.3 Å². The summed E-state index contributed by atoms with van der Waals surface area (Å²) in [6.45, 7) is 0.618. The fourth-order valence-corrected chi connectivity index (χ4v) is 4.97. The van der Waals surface area contributed by atoms with Crippen molar-refractivity contribution in [3.05, 3.63) is 18.0 Å². The van der Waals surface area contributed by atoms with Crippen LogP contribution >= 0.6 is 0 Å². The van der Waals surface area contributed by atoms with Crippen molar-refractivity contribution in [2.75, 3.05) is 0 Å². The first kappa shape index (κ1) is 10.1. The molecule has 1 aromatic heterocycles. The molecule has 4 saturated carbocycles. The van der Waals surface area contributed by atoms with Gasteiger partial charge < -0.3 is 5.73 Å². The highest BCUT2D eigenvalue weighted by molar-refractivity contribution is 5.07. The average molecular weight is 231 g/mol. The van der Waals surface area contributed by atoms with E-state index in [1.54, 1.807) is 0 Å². The molecular weight excluding hydrogens is 210 g/mol. The van der Waals surface area contributed by atoms with E-state index in [1.165, 1.54) is 37.7 Å². The minimum absolute atomic E-state index is 0.618. The van der Waals surface area contributed by atoms with Crippen LogP contribution in [0.1, 0.15) is 43.7 Å². The van der Waals surface area contributed by atoms with Crippen LogP contribution in [0.4, 0.5) is 0 Å². The van der Waals surface area contributed by atoms with Crippen LogP contribution in [0.25, 0.3) is 0 Å². The number of nitrogens with two attached hydrogens (primary N) is 1. The zero-order chi connectivity index (χ0) is 11.4. The molecular formula is C14H21N3. The summed E-state index contributed by atoms with van der Waals surface area (Å²) in [6.07, 6.45) is 11.5. The molecule has 4 aliphatic rings. The van der Waals surface area contributed by atoms with Crippen LogP contribution in [0.15, 0.2) is 12.4 Å². The topological polar surface area (TPSA) is 43.8 Å². The lowest BCUT2D eigenvalue weighted by atomic mass is 9.54. The predicted octanol–water partition coefficient (Wildman–Crippen LogP) is 2.34. The number of hydrogen-bond donors (Lipinski definition) is 1. The molecule has 0 amide bonds. The smallest absolute Gasteiger partial charge is 0.0576 e. The number of hydrogen-bond acceptors (Lipinski definition) is 2. The third-order valence-corrected chi connectivity index (χ3v) is 5.37. The maximum atomic E-state index is 5.68. The molecule has 4 fully saturated rings. The van der Waals surface area contributed by atoms with E-state index in [4.69, 9.17) is 5.73 Å². The van der Waals surface area contributed by atoms with E-state index in [2.05, 4.69) is 16.0 Å². The second-order valence-electron chi connectivity index (χ2n) is 6.45. The highest BCUT2D eigenvalue weighted by atomic mass is 15.3. The van der Waals surface area contributed by atoms with Crippen molar-refractivity contribution >= 4 is 0 Å². The monoisotopic (exact) mass is 231 g/mol. The largest absolute Gasteiger partial charge is 0.326 e. The van der Waals surface area contributed by atoms with Crippen molar-refractivity contribution < 1.29 is 0 Å². The standard InChI is InChI=1S/C14H21N3/c15-6-11-7-16-17(8-11)14-12-2-9-1-10(4-12)5-13(14)3-9/h7-10,12-14H,1-6,15H2. The van der Waals surface area contributed by atoms with Crippen LogP contribution in [0.5, 0.6) is 0 Å². The molecule has 17 heavy (non-hydrogen) atoms. The van der Waals surface area contributed by atoms with E-state index in [1.807, 2.05) is 6.20 Å². The Morgan fingerprint density at radius 1 is 1.12 bits per heavy atom. The van der Waals surface area contributed by atoms with Crippen molar-refractivity contribution in [1.29, 1.82) is 0 Å². The lowest BCUT2D eigenvalue weighted by Crippen LogP contribution is -2.46. The van der Waals surface area contributed by atoms with Crippen LogP contribution in [-0.2, 0) is 6.54 Å². The van der Waals surface area contributed by atoms with Gasteiger partial charge in [-0.1, -0.05) is 0 Å². The van der Waals surface area contributed by atoms with E-state index >= 15 is 0 Å². The molecule has 1 aromatic rings. The van der Waals surface area contributed by atoms with E-state index in [0.717, 1.165) is 23.7 Å². The van der Waals surface area contributed by atoms with E-state index in [9.17, 15) is 0 Å². The predicted molar refractivity (Wildman–Crippen MR) is 66.2 cm³/mol. The number of rotatable bonds is 2. The minimum atomic E-state index is 0.618. The van der Waals surface area contributed by atoms with Gasteiger partial charge in [0.25, 0.3) is 0 Å². The molecule has 0 saturated heterocycles. The molecule has 0 unspecified atom stereocenters. The lowest BCUT2D eigenvalue weighted by Gasteiger charge is -2.54. The van der Waals surface area contributed by atoms with E-state index in [-0.39, 0.29) is 0 Å². The maximum Gasteiger partial charge on any atom is 0.0576 e. The molecule has 2 N–H and O–H groups in total. The van der Waals surface area contributed by atoms with E-state index < -0.39 is 0 Å². The highest BCUT2D eigenvalue weighted by Crippen LogP contribution is 2.58. The Hall–Kier alpha value is -0.830. The Balaban J connectivity index is 1.65. The van der Waals surface area contributed by atoms with Crippen molar-refractivity contribution in [2.24, 2.45) is 29.4 Å². The van der Waals surface area contributed by atoms with Gasteiger partial charge in [0.15, 0.2) is 0 Å². The third-order valence-electron chi connectivity index (χ3n) is 5.37. The third kappa shape index (κ3) is 1.48. The normalized spacial score (nSPS) is 43.2. The van der Waals surface area contributed by atoms with Gasteiger partial charge in [0.1, 0.15) is 0 Å². The first-order valence-corrected chi connectivity index (χ1v) is 7.06. The number of nitrogens with zero attached hydrogens (tertiary/aromatic N) is 2. The molecule has 1 heterocycles. The molecule has 0 aliphatic heterocycles. The molecule has 3 heteroatoms. The molecule has 3 nitrogen and oxygen atoms in total. The summed E-state index contributed by atoms with van der Waals surface area (Å²) >= 11 is 0. The van der Waals surface area contributed by atoms with Crippen LogP contribution in [0.2, 0.25) is 0 Å². The SMILES string of the molecule is NCc1cnn(C2C3CC4CC(C3)CC2C4)c1. The van der Waals surface area contributed by atoms with Gasteiger partial charge in [-0.3, -0.25) is 4.68 Å². The second-order valence-corrected chi connectivity index (χ2v) is 6.45. The van der Waals surface area contributed by atoms with Gasteiger partial charge in [-0.2, -0.15) is 5.10 Å². The molecule has 0 aromatic carbocycles. The Kier molecular flexibility index (Phi) is 2.13. The minimum Gasteiger partial charge on any atom is -0.326 e. The van der Waals surface area contributed by atoms with Gasteiger partial charge in [-0.15, -0.1) is 0 Å². The summed E-state index contributed by atoms with van der Waals surface area (Å²) in [6, 6.07) is 0.683. The molecule has 5 rings (SSSR count). The first-order chi connectivity index (χ1) is 8.33. The summed E-state index contributed by atoms with van der Waals surface area (Å²) in [4.78, 5) is 0. The first-order valence-electron chi connectivity index (χ1n) is 7.06. The maximum absolute atomic E-state index is 5.68. The van der Waals surface area contributed by atoms with Gasteiger partial charge in [0.2, 0.25) is 0 Å². The lowest BCUT2D eigenvalue weighted by molar-refractivity contribution is -0.0336. The average Bonchev–Trinajstić information content (AvgIpc) is 2.76. The quantitative estimate of drug-likeness (QED) is 0.849. The fourth-order valence-electron chi connectivity index (χ4n) is 4.97. The van der Waals surface area contributed by atoms with Crippen LogP contribution in [-0.4, -0.2) is 9.78 Å². The summed E-state index contributed by atoms with van der Waals surface area (Å²) in [5.41, 5.74) is 6.86. The molecule has 0 radical (unpaired) electrons. The van der Waals surface area contributed by atoms with Gasteiger partial charge in [-0.25, -0.2) is 0 Å². The summed E-state index contributed by atoms with van der Waals surface area (Å²) in [5.74, 6) is 3.88. The zero-order valence-electron chi connectivity index (χ0n) is 10.3. The van der Waals surface area contributed by atoms with Crippen molar-refractivity contribution in [3.8, 4) is 0 Å². The Morgan fingerprint density at radius 2 is 1.76 bits per heavy atom. The molecule has 0 atom stereocenters. The van der Waals surface area contributed by atoms with Crippen LogP contribution in [0, 0.1) is 23.7 Å². The molecule has 4 bridgehead atoms. The Labute approximate surface area is 102 Å². The van der Waals surface area contributed by atoms with Crippen molar-refractivity contribution in [1.82, 2.24) is 9.78 Å². The number of aromatic nitrogens is 2. The Bertz CT molecular complexity index is 395. The summed E-state index contributed by atoms with van der Waals surface area (Å²) in [5, 5.41) is 4.57. The van der Waals surface area contributed by atoms with Gasteiger partial charge in [0.05, 0.1) is 12.2 Å². The fraction of sp³-hybridized carbons (Fsp3) is 0.786.